The van der Waals surface area contributed by atoms with Gasteiger partial charge in [-0.1, -0.05) is 42.5 Å². The van der Waals surface area contributed by atoms with Crippen molar-refractivity contribution in [3.8, 4) is 5.75 Å². The van der Waals surface area contributed by atoms with Crippen LogP contribution in [0.15, 0.2) is 54.9 Å². The van der Waals surface area contributed by atoms with Crippen LogP contribution in [-0.2, 0) is 6.54 Å². The number of carbonyl (C=O) groups is 2. The van der Waals surface area contributed by atoms with Gasteiger partial charge in [0.1, 0.15) is 29.7 Å². The van der Waals surface area contributed by atoms with E-state index in [0.29, 0.717) is 23.0 Å². The molecule has 2 N–H and O–H groups in total. The quantitative estimate of drug-likeness (QED) is 0.583. The number of benzene rings is 2. The summed E-state index contributed by atoms with van der Waals surface area (Å²) in [5.74, 6) is -1.02. The molecule has 0 radical (unpaired) electrons. The van der Waals surface area contributed by atoms with Crippen LogP contribution in [0.1, 0.15) is 26.5 Å². The number of aromatic nitrogens is 3. The minimum absolute atomic E-state index is 0.0244. The van der Waals surface area contributed by atoms with Gasteiger partial charge >= 0.3 is 5.97 Å². The second-order valence-corrected chi connectivity index (χ2v) is 7.39. The first kappa shape index (κ1) is 20.5. The van der Waals surface area contributed by atoms with Gasteiger partial charge in [0.2, 0.25) is 5.82 Å². The Morgan fingerprint density at radius 2 is 2.03 bits per heavy atom. The van der Waals surface area contributed by atoms with Crippen LogP contribution < -0.4 is 15.0 Å². The zero-order chi connectivity index (χ0) is 22.0. The van der Waals surface area contributed by atoms with E-state index in [2.05, 4.69) is 15.4 Å². The first-order valence-electron chi connectivity index (χ1n) is 9.44. The molecule has 1 aliphatic heterocycles. The fourth-order valence-electron chi connectivity index (χ4n) is 3.20. The SMILES string of the molecule is CN1C(=S)[C@@H](NC(=O)c2ncn(Cc3ccccc3)n2)COc2ccc(C(=O)O)cc21. The summed E-state index contributed by atoms with van der Waals surface area (Å²) in [6.07, 6.45) is 1.50. The monoisotopic (exact) mass is 437 g/mol. The molecule has 1 atom stereocenters. The van der Waals surface area contributed by atoms with Crippen molar-refractivity contribution in [1.82, 2.24) is 20.1 Å². The maximum atomic E-state index is 12.7. The molecule has 9 nitrogen and oxygen atoms in total. The Kier molecular flexibility index (Phi) is 5.63. The van der Waals surface area contributed by atoms with E-state index in [4.69, 9.17) is 17.0 Å². The molecular formula is C21H19N5O4S. The number of anilines is 1. The molecule has 1 aromatic heterocycles. The Balaban J connectivity index is 1.46. The fourth-order valence-corrected chi connectivity index (χ4v) is 3.43. The number of hydrogen-bond acceptors (Lipinski definition) is 6. The summed E-state index contributed by atoms with van der Waals surface area (Å²) in [6.45, 7) is 0.592. The Morgan fingerprint density at radius 3 is 2.77 bits per heavy atom. The predicted molar refractivity (Wildman–Crippen MR) is 117 cm³/mol. The molecule has 158 valence electrons. The lowest BCUT2D eigenvalue weighted by atomic mass is 10.1. The lowest BCUT2D eigenvalue weighted by Gasteiger charge is -2.23. The predicted octanol–water partition coefficient (Wildman–Crippen LogP) is 1.98. The smallest absolute Gasteiger partial charge is 0.335 e. The Morgan fingerprint density at radius 1 is 1.26 bits per heavy atom. The van der Waals surface area contributed by atoms with Gasteiger partial charge in [-0.2, -0.15) is 0 Å². The third kappa shape index (κ3) is 4.38. The number of carboxylic acids is 1. The van der Waals surface area contributed by atoms with Crippen LogP contribution in [0, 0.1) is 0 Å². The second kappa shape index (κ2) is 8.52. The minimum atomic E-state index is -1.05. The number of nitrogens with one attached hydrogen (secondary N) is 1. The van der Waals surface area contributed by atoms with E-state index in [1.54, 1.807) is 22.7 Å². The highest BCUT2D eigenvalue weighted by molar-refractivity contribution is 7.80. The molecule has 2 heterocycles. The average Bonchev–Trinajstić information content (AvgIpc) is 3.20. The van der Waals surface area contributed by atoms with Crippen molar-refractivity contribution in [2.45, 2.75) is 12.6 Å². The van der Waals surface area contributed by atoms with Crippen molar-refractivity contribution in [3.63, 3.8) is 0 Å². The Labute approximate surface area is 183 Å². The number of fused-ring (bicyclic) bond motifs is 1. The summed E-state index contributed by atoms with van der Waals surface area (Å²) in [7, 11) is 1.70. The number of aromatic carboxylic acids is 1. The molecule has 1 aliphatic rings. The summed E-state index contributed by atoms with van der Waals surface area (Å²) in [4.78, 5) is 30.1. The number of carbonyl (C=O) groups excluding carboxylic acids is 1. The molecule has 0 aliphatic carbocycles. The molecule has 0 spiro atoms. The largest absolute Gasteiger partial charge is 0.489 e. The topological polar surface area (TPSA) is 110 Å². The van der Waals surface area contributed by atoms with Crippen molar-refractivity contribution in [2.24, 2.45) is 0 Å². The van der Waals surface area contributed by atoms with Crippen molar-refractivity contribution >= 4 is 34.8 Å². The van der Waals surface area contributed by atoms with Crippen LogP contribution in [0.4, 0.5) is 5.69 Å². The number of rotatable bonds is 5. The molecule has 0 bridgehead atoms. The van der Waals surface area contributed by atoms with E-state index in [1.807, 2.05) is 30.3 Å². The van der Waals surface area contributed by atoms with Gasteiger partial charge in [-0.15, -0.1) is 5.10 Å². The summed E-state index contributed by atoms with van der Waals surface area (Å²) < 4.78 is 7.36. The van der Waals surface area contributed by atoms with Crippen molar-refractivity contribution in [2.75, 3.05) is 18.6 Å². The van der Waals surface area contributed by atoms with Crippen LogP contribution in [0.25, 0.3) is 0 Å². The molecule has 3 aromatic rings. The third-order valence-corrected chi connectivity index (χ3v) is 5.39. The highest BCUT2D eigenvalue weighted by atomic mass is 32.1. The molecule has 2 aromatic carbocycles. The van der Waals surface area contributed by atoms with Gasteiger partial charge in [-0.3, -0.25) is 4.79 Å². The molecule has 0 fully saturated rings. The van der Waals surface area contributed by atoms with Gasteiger partial charge in [0, 0.05) is 7.05 Å². The molecule has 10 heteroatoms. The average molecular weight is 437 g/mol. The standard InChI is InChI=1S/C21H19N5O4S/c1-25-16-9-14(21(28)29)7-8-17(16)30-11-15(20(25)31)23-19(27)18-22-12-26(24-18)10-13-5-3-2-4-6-13/h2-9,12,15H,10-11H2,1H3,(H,23,27)(H,28,29)/t15-/m0/s1. The van der Waals surface area contributed by atoms with E-state index >= 15 is 0 Å². The van der Waals surface area contributed by atoms with Crippen molar-refractivity contribution in [3.05, 3.63) is 71.8 Å². The van der Waals surface area contributed by atoms with E-state index in [9.17, 15) is 14.7 Å². The number of amides is 1. The minimum Gasteiger partial charge on any atom is -0.489 e. The van der Waals surface area contributed by atoms with E-state index < -0.39 is 17.9 Å². The van der Waals surface area contributed by atoms with Crippen molar-refractivity contribution in [1.29, 1.82) is 0 Å². The third-order valence-electron chi connectivity index (χ3n) is 4.83. The lowest BCUT2D eigenvalue weighted by Crippen LogP contribution is -2.48. The Hall–Kier alpha value is -3.79. The Bertz CT molecular complexity index is 1150. The number of hydrogen-bond donors (Lipinski definition) is 2. The molecule has 0 saturated heterocycles. The van der Waals surface area contributed by atoms with Gasteiger partial charge in [-0.05, 0) is 23.8 Å². The lowest BCUT2D eigenvalue weighted by molar-refractivity contribution is 0.0696. The first-order chi connectivity index (χ1) is 14.9. The number of ether oxygens (including phenoxy) is 1. The normalized spacial score (nSPS) is 15.6. The highest BCUT2D eigenvalue weighted by Gasteiger charge is 2.29. The van der Waals surface area contributed by atoms with Crippen LogP contribution in [0.5, 0.6) is 5.75 Å². The number of carboxylic acid groups (broad SMARTS) is 1. The second-order valence-electron chi connectivity index (χ2n) is 6.97. The van der Waals surface area contributed by atoms with Gasteiger partial charge in [0.05, 0.1) is 17.8 Å². The molecule has 31 heavy (non-hydrogen) atoms. The zero-order valence-electron chi connectivity index (χ0n) is 16.6. The number of thiocarbonyl (C=S) groups is 1. The molecule has 0 saturated carbocycles. The van der Waals surface area contributed by atoms with E-state index in [1.165, 1.54) is 18.5 Å². The number of likely N-dealkylation sites (N-methyl/N-ethyl adjacent to an activating group) is 1. The molecule has 0 unspecified atom stereocenters. The first-order valence-corrected chi connectivity index (χ1v) is 9.85. The van der Waals surface area contributed by atoms with Gasteiger partial charge in [0.25, 0.3) is 5.91 Å². The van der Waals surface area contributed by atoms with Crippen LogP contribution >= 0.6 is 12.2 Å². The summed E-state index contributed by atoms with van der Waals surface area (Å²) >= 11 is 5.52. The maximum absolute atomic E-state index is 12.7. The van der Waals surface area contributed by atoms with Crippen LogP contribution in [0.3, 0.4) is 0 Å². The van der Waals surface area contributed by atoms with Crippen molar-refractivity contribution < 1.29 is 19.4 Å². The summed E-state index contributed by atoms with van der Waals surface area (Å²) in [5.41, 5.74) is 1.68. The van der Waals surface area contributed by atoms with Gasteiger partial charge in [-0.25, -0.2) is 14.5 Å². The van der Waals surface area contributed by atoms with Crippen LogP contribution in [0.2, 0.25) is 0 Å². The van der Waals surface area contributed by atoms with E-state index in [-0.39, 0.29) is 18.0 Å². The maximum Gasteiger partial charge on any atom is 0.335 e. The highest BCUT2D eigenvalue weighted by Crippen LogP contribution is 2.32. The van der Waals surface area contributed by atoms with E-state index in [0.717, 1.165) is 5.56 Å². The summed E-state index contributed by atoms with van der Waals surface area (Å²) in [5, 5.41) is 16.3. The van der Waals surface area contributed by atoms with Crippen LogP contribution in [-0.4, -0.2) is 56.4 Å². The summed E-state index contributed by atoms with van der Waals surface area (Å²) in [6, 6.07) is 13.6. The fraction of sp³-hybridized carbons (Fsp3) is 0.190. The number of nitrogens with zero attached hydrogens (tertiary/aromatic N) is 4. The molecular weight excluding hydrogens is 418 g/mol. The molecule has 1 amide bonds. The zero-order valence-corrected chi connectivity index (χ0v) is 17.4. The molecule has 4 rings (SSSR count). The van der Waals surface area contributed by atoms with Gasteiger partial charge < -0.3 is 20.1 Å². The van der Waals surface area contributed by atoms with Gasteiger partial charge in [0.15, 0.2) is 0 Å².